The van der Waals surface area contributed by atoms with Crippen LogP contribution in [0.25, 0.3) is 0 Å². The van der Waals surface area contributed by atoms with E-state index in [0.29, 0.717) is 12.5 Å². The highest BCUT2D eigenvalue weighted by molar-refractivity contribution is 4.65. The van der Waals surface area contributed by atoms with Crippen molar-refractivity contribution in [2.75, 3.05) is 6.61 Å². The third-order valence-electron chi connectivity index (χ3n) is 10.1. The van der Waals surface area contributed by atoms with Crippen molar-refractivity contribution in [3.05, 3.63) is 0 Å². The molecule has 0 aromatic heterocycles. The van der Waals surface area contributed by atoms with Crippen LogP contribution in [0.5, 0.6) is 0 Å². The van der Waals surface area contributed by atoms with Crippen molar-refractivity contribution >= 4 is 0 Å². The summed E-state index contributed by atoms with van der Waals surface area (Å²) in [7, 11) is 0. The van der Waals surface area contributed by atoms with Crippen LogP contribution in [0.3, 0.4) is 0 Å². The van der Waals surface area contributed by atoms with Gasteiger partial charge in [-0.15, -0.1) is 0 Å². The van der Waals surface area contributed by atoms with E-state index in [0.717, 1.165) is 48.3 Å². The molecule has 0 aliphatic rings. The molecular weight excluding hydrogens is 488 g/mol. The van der Waals surface area contributed by atoms with Crippen LogP contribution < -0.4 is 0 Å². The van der Waals surface area contributed by atoms with Gasteiger partial charge < -0.3 is 10.2 Å². The van der Waals surface area contributed by atoms with E-state index >= 15 is 0 Å². The van der Waals surface area contributed by atoms with Crippen LogP contribution >= 0.6 is 0 Å². The fraction of sp³-hybridized carbons (Fsp3) is 1.00. The lowest BCUT2D eigenvalue weighted by Gasteiger charge is -2.18. The van der Waals surface area contributed by atoms with Gasteiger partial charge in [0.25, 0.3) is 0 Å². The summed E-state index contributed by atoms with van der Waals surface area (Å²) in [6.07, 6.45) is 28.0. The third kappa shape index (κ3) is 26.8. The molecule has 0 rings (SSSR count). The first-order chi connectivity index (χ1) is 19.0. The molecule has 0 saturated heterocycles. The van der Waals surface area contributed by atoms with E-state index in [1.54, 1.807) is 0 Å². The van der Waals surface area contributed by atoms with Gasteiger partial charge in [0.15, 0.2) is 0 Å². The Morgan fingerprint density at radius 3 is 0.725 bits per heavy atom. The van der Waals surface area contributed by atoms with Crippen LogP contribution in [0.4, 0.5) is 0 Å². The molecule has 0 heterocycles. The topological polar surface area (TPSA) is 40.5 Å². The normalized spacial score (nSPS) is 18.1. The third-order valence-corrected chi connectivity index (χ3v) is 10.1. The molecular formula is C38H78O2. The average molecular weight is 567 g/mol. The van der Waals surface area contributed by atoms with Crippen molar-refractivity contribution in [1.82, 2.24) is 0 Å². The zero-order valence-electron chi connectivity index (χ0n) is 29.1. The molecule has 0 saturated carbocycles. The Morgan fingerprint density at radius 2 is 0.500 bits per heavy atom. The molecule has 2 nitrogen and oxygen atoms in total. The summed E-state index contributed by atoms with van der Waals surface area (Å²) in [4.78, 5) is 0. The molecule has 8 atom stereocenters. The van der Waals surface area contributed by atoms with Gasteiger partial charge in [0.2, 0.25) is 0 Å². The average Bonchev–Trinajstić information content (AvgIpc) is 2.87. The Balaban J connectivity index is 3.70. The predicted octanol–water partition coefficient (Wildman–Crippen LogP) is 12.0. The molecule has 0 bridgehead atoms. The monoisotopic (exact) mass is 567 g/mol. The lowest BCUT2D eigenvalue weighted by atomic mass is 9.88. The van der Waals surface area contributed by atoms with Gasteiger partial charge in [0.1, 0.15) is 0 Å². The van der Waals surface area contributed by atoms with E-state index in [9.17, 15) is 5.11 Å². The van der Waals surface area contributed by atoms with Crippen molar-refractivity contribution in [2.45, 2.75) is 196 Å². The molecule has 2 heteroatoms. The summed E-state index contributed by atoms with van der Waals surface area (Å²) in [5, 5.41) is 18.5. The van der Waals surface area contributed by atoms with E-state index < -0.39 is 0 Å². The molecule has 0 aliphatic carbocycles. The van der Waals surface area contributed by atoms with Gasteiger partial charge >= 0.3 is 0 Å². The van der Waals surface area contributed by atoms with Gasteiger partial charge in [0, 0.05) is 6.61 Å². The van der Waals surface area contributed by atoms with Gasteiger partial charge in [-0.3, -0.25) is 0 Å². The Kier molecular flexibility index (Phi) is 26.5. The highest BCUT2D eigenvalue weighted by Gasteiger charge is 2.11. The molecule has 8 unspecified atom stereocenters. The summed E-state index contributed by atoms with van der Waals surface area (Å²) in [6, 6.07) is 0. The van der Waals surface area contributed by atoms with E-state index in [1.165, 1.54) is 122 Å². The van der Waals surface area contributed by atoms with E-state index in [4.69, 9.17) is 5.11 Å². The first-order valence-corrected chi connectivity index (χ1v) is 18.3. The van der Waals surface area contributed by atoms with Crippen molar-refractivity contribution in [3.8, 4) is 0 Å². The highest BCUT2D eigenvalue weighted by atomic mass is 16.3. The summed E-state index contributed by atoms with van der Waals surface area (Å²) < 4.78 is 0. The standard InChI is InChI=1S/C38H78O2/c1-31(15-9-16-33(3)21-13-24-37(7)29-30-39)19-11-22-35(5)27-28-36(6)23-12-20-32(2)17-10-18-34(4)25-14-26-38(8)40/h31-40H,9-30H2,1-8H3. The van der Waals surface area contributed by atoms with Gasteiger partial charge in [0.05, 0.1) is 6.10 Å². The molecule has 0 radical (unpaired) electrons. The van der Waals surface area contributed by atoms with Crippen LogP contribution in [0, 0.1) is 41.4 Å². The fourth-order valence-corrected chi connectivity index (χ4v) is 6.64. The summed E-state index contributed by atoms with van der Waals surface area (Å²) in [5.41, 5.74) is 0. The number of hydrogen-bond donors (Lipinski definition) is 2. The maximum Gasteiger partial charge on any atom is 0.0512 e. The SMILES string of the molecule is CC(O)CCCC(C)CCCC(C)CCCC(C)CCC(C)CCCC(C)CCCC(C)CCCC(C)CCO. The smallest absolute Gasteiger partial charge is 0.0512 e. The van der Waals surface area contributed by atoms with Crippen molar-refractivity contribution < 1.29 is 10.2 Å². The van der Waals surface area contributed by atoms with Gasteiger partial charge in [-0.25, -0.2) is 0 Å². The Labute approximate surface area is 254 Å². The van der Waals surface area contributed by atoms with Crippen LogP contribution in [-0.4, -0.2) is 22.9 Å². The van der Waals surface area contributed by atoms with Gasteiger partial charge in [-0.05, 0) is 61.2 Å². The Morgan fingerprint density at radius 1 is 0.300 bits per heavy atom. The number of aliphatic hydroxyl groups excluding tert-OH is 2. The van der Waals surface area contributed by atoms with Crippen molar-refractivity contribution in [3.63, 3.8) is 0 Å². The molecule has 0 aliphatic heterocycles. The second-order valence-electron chi connectivity index (χ2n) is 15.3. The van der Waals surface area contributed by atoms with E-state index in [2.05, 4.69) is 48.5 Å². The van der Waals surface area contributed by atoms with Crippen LogP contribution in [-0.2, 0) is 0 Å². The Bertz CT molecular complexity index is 518. The first kappa shape index (κ1) is 39.9. The van der Waals surface area contributed by atoms with Crippen LogP contribution in [0.15, 0.2) is 0 Å². The molecule has 40 heavy (non-hydrogen) atoms. The highest BCUT2D eigenvalue weighted by Crippen LogP contribution is 2.26. The van der Waals surface area contributed by atoms with E-state index in [1.807, 2.05) is 6.92 Å². The molecule has 242 valence electrons. The zero-order valence-corrected chi connectivity index (χ0v) is 29.1. The van der Waals surface area contributed by atoms with Crippen molar-refractivity contribution in [2.24, 2.45) is 41.4 Å². The molecule has 0 fully saturated rings. The summed E-state index contributed by atoms with van der Waals surface area (Å²) >= 11 is 0. The first-order valence-electron chi connectivity index (χ1n) is 18.3. The van der Waals surface area contributed by atoms with Crippen LogP contribution in [0.2, 0.25) is 0 Å². The maximum atomic E-state index is 9.42. The van der Waals surface area contributed by atoms with E-state index in [-0.39, 0.29) is 6.10 Å². The summed E-state index contributed by atoms with van der Waals surface area (Å²) in [5.74, 6) is 5.93. The largest absolute Gasteiger partial charge is 0.396 e. The van der Waals surface area contributed by atoms with Gasteiger partial charge in [-0.1, -0.05) is 170 Å². The second kappa shape index (κ2) is 26.5. The minimum absolute atomic E-state index is 0.130. The minimum atomic E-state index is -0.130. The molecule has 0 aromatic rings. The zero-order chi connectivity index (χ0) is 30.2. The fourth-order valence-electron chi connectivity index (χ4n) is 6.64. The second-order valence-corrected chi connectivity index (χ2v) is 15.3. The molecule has 0 aromatic carbocycles. The quantitative estimate of drug-likeness (QED) is 0.0945. The molecule has 0 amide bonds. The lowest BCUT2D eigenvalue weighted by molar-refractivity contribution is 0.178. The molecule has 0 spiro atoms. The number of aliphatic hydroxyl groups is 2. The predicted molar refractivity (Wildman–Crippen MR) is 180 cm³/mol. The van der Waals surface area contributed by atoms with Gasteiger partial charge in [-0.2, -0.15) is 0 Å². The summed E-state index contributed by atoms with van der Waals surface area (Å²) in [6.45, 7) is 19.3. The lowest BCUT2D eigenvalue weighted by Crippen LogP contribution is -2.04. The maximum absolute atomic E-state index is 9.42. The molecule has 2 N–H and O–H groups in total. The number of hydrogen-bond acceptors (Lipinski definition) is 2. The minimum Gasteiger partial charge on any atom is -0.396 e. The van der Waals surface area contributed by atoms with Crippen molar-refractivity contribution in [1.29, 1.82) is 0 Å². The Hall–Kier alpha value is -0.0800. The number of rotatable bonds is 29. The van der Waals surface area contributed by atoms with Crippen LogP contribution in [0.1, 0.15) is 190 Å².